The second-order valence-corrected chi connectivity index (χ2v) is 6.45. The summed E-state index contributed by atoms with van der Waals surface area (Å²) in [5, 5.41) is 0. The zero-order valence-corrected chi connectivity index (χ0v) is 16.6. The Balaban J connectivity index is 1.65. The first-order valence-corrected chi connectivity index (χ1v) is 9.08. The molecule has 0 spiro atoms. The van der Waals surface area contributed by atoms with Gasteiger partial charge >= 0.3 is 5.97 Å². The predicted molar refractivity (Wildman–Crippen MR) is 107 cm³/mol. The number of benzene rings is 2. The van der Waals surface area contributed by atoms with Crippen molar-refractivity contribution in [3.63, 3.8) is 0 Å². The molecule has 7 nitrogen and oxygen atoms in total. The number of ketones is 1. The quantitative estimate of drug-likeness (QED) is 0.352. The normalized spacial score (nSPS) is 13.7. The second kappa shape index (κ2) is 7.79. The fourth-order valence-corrected chi connectivity index (χ4v) is 3.18. The van der Waals surface area contributed by atoms with E-state index in [1.807, 2.05) is 0 Å². The minimum absolute atomic E-state index is 0.137. The van der Waals surface area contributed by atoms with Gasteiger partial charge in [0.1, 0.15) is 34.3 Å². The van der Waals surface area contributed by atoms with Crippen LogP contribution in [0.25, 0.3) is 6.08 Å². The van der Waals surface area contributed by atoms with Crippen molar-refractivity contribution in [3.05, 3.63) is 76.9 Å². The molecule has 7 heteroatoms. The number of carbonyl (C=O) groups is 2. The zero-order valence-electron chi connectivity index (χ0n) is 16.6. The van der Waals surface area contributed by atoms with Gasteiger partial charge in [-0.3, -0.25) is 4.79 Å². The molecule has 1 aromatic heterocycles. The minimum atomic E-state index is -0.650. The molecule has 30 heavy (non-hydrogen) atoms. The number of rotatable bonds is 5. The maximum Gasteiger partial charge on any atom is 0.351 e. The van der Waals surface area contributed by atoms with E-state index in [-0.39, 0.29) is 22.9 Å². The molecular formula is C23H18O7. The summed E-state index contributed by atoms with van der Waals surface area (Å²) >= 11 is 0. The second-order valence-electron chi connectivity index (χ2n) is 6.45. The van der Waals surface area contributed by atoms with Crippen LogP contribution >= 0.6 is 0 Å². The van der Waals surface area contributed by atoms with Gasteiger partial charge in [0.2, 0.25) is 5.78 Å². The van der Waals surface area contributed by atoms with Crippen molar-refractivity contribution in [3.8, 4) is 23.0 Å². The lowest BCUT2D eigenvalue weighted by atomic mass is 10.1. The van der Waals surface area contributed by atoms with E-state index in [4.69, 9.17) is 23.4 Å². The Hall–Kier alpha value is -4.00. The van der Waals surface area contributed by atoms with E-state index in [1.165, 1.54) is 26.6 Å². The number of hydrogen-bond acceptors (Lipinski definition) is 7. The van der Waals surface area contributed by atoms with Crippen LogP contribution in [0.2, 0.25) is 0 Å². The highest BCUT2D eigenvalue weighted by Gasteiger charge is 2.31. The number of esters is 1. The highest BCUT2D eigenvalue weighted by Crippen LogP contribution is 2.40. The Labute approximate surface area is 172 Å². The van der Waals surface area contributed by atoms with E-state index >= 15 is 0 Å². The fraction of sp³-hybridized carbons (Fsp3) is 0.130. The minimum Gasteiger partial charge on any atom is -0.496 e. The molecule has 0 amide bonds. The number of ether oxygens (including phenoxy) is 4. The number of Topliss-reactive ketones (excluding diaryl/α,β-unsaturated/α-hetero) is 1. The lowest BCUT2D eigenvalue weighted by Gasteiger charge is -2.14. The molecule has 0 saturated heterocycles. The van der Waals surface area contributed by atoms with Gasteiger partial charge in [-0.05, 0) is 43.3 Å². The Bertz CT molecular complexity index is 1130. The maximum absolute atomic E-state index is 12.9. The Morgan fingerprint density at radius 1 is 0.967 bits per heavy atom. The third-order valence-corrected chi connectivity index (χ3v) is 4.69. The van der Waals surface area contributed by atoms with E-state index < -0.39 is 5.97 Å². The van der Waals surface area contributed by atoms with Crippen LogP contribution in [0.5, 0.6) is 23.0 Å². The summed E-state index contributed by atoms with van der Waals surface area (Å²) in [5.41, 5.74) is 1.07. The number of furan rings is 1. The molecule has 4 rings (SSSR count). The van der Waals surface area contributed by atoms with Gasteiger partial charge in [0.05, 0.1) is 26.0 Å². The van der Waals surface area contributed by atoms with Gasteiger partial charge < -0.3 is 23.4 Å². The summed E-state index contributed by atoms with van der Waals surface area (Å²) < 4.78 is 27.1. The van der Waals surface area contributed by atoms with Gasteiger partial charge in [0.25, 0.3) is 0 Å². The molecule has 0 bridgehead atoms. The van der Waals surface area contributed by atoms with E-state index in [2.05, 4.69) is 0 Å². The van der Waals surface area contributed by atoms with Crippen molar-refractivity contribution >= 4 is 17.8 Å². The van der Waals surface area contributed by atoms with Crippen LogP contribution in [0, 0.1) is 6.92 Å². The third-order valence-electron chi connectivity index (χ3n) is 4.69. The van der Waals surface area contributed by atoms with Crippen molar-refractivity contribution < 1.29 is 33.0 Å². The molecule has 0 radical (unpaired) electrons. The van der Waals surface area contributed by atoms with Gasteiger partial charge in [0, 0.05) is 11.6 Å². The van der Waals surface area contributed by atoms with Gasteiger partial charge in [-0.15, -0.1) is 0 Å². The van der Waals surface area contributed by atoms with Gasteiger partial charge in [-0.2, -0.15) is 0 Å². The topological polar surface area (TPSA) is 84.2 Å². The number of hydrogen-bond donors (Lipinski definition) is 0. The molecule has 0 unspecified atom stereocenters. The van der Waals surface area contributed by atoms with E-state index in [1.54, 1.807) is 49.4 Å². The Kier molecular flexibility index (Phi) is 5.02. The van der Waals surface area contributed by atoms with Crippen molar-refractivity contribution in [2.75, 3.05) is 14.2 Å². The van der Waals surface area contributed by atoms with E-state index in [9.17, 15) is 9.59 Å². The van der Waals surface area contributed by atoms with Gasteiger partial charge in [-0.25, -0.2) is 4.79 Å². The molecule has 1 aliphatic heterocycles. The van der Waals surface area contributed by atoms with Crippen LogP contribution in [-0.2, 0) is 0 Å². The molecule has 1 aliphatic rings. The highest BCUT2D eigenvalue weighted by molar-refractivity contribution is 6.14. The van der Waals surface area contributed by atoms with Crippen LogP contribution in [-0.4, -0.2) is 26.0 Å². The summed E-state index contributed by atoms with van der Waals surface area (Å²) in [6.07, 6.45) is 3.03. The zero-order chi connectivity index (χ0) is 21.3. The number of methoxy groups -OCH3 is 2. The summed E-state index contributed by atoms with van der Waals surface area (Å²) in [4.78, 5) is 25.5. The van der Waals surface area contributed by atoms with Crippen LogP contribution < -0.4 is 18.9 Å². The van der Waals surface area contributed by atoms with Crippen molar-refractivity contribution in [2.45, 2.75) is 6.92 Å². The van der Waals surface area contributed by atoms with Crippen molar-refractivity contribution in [1.82, 2.24) is 0 Å². The molecule has 0 aliphatic carbocycles. The first-order valence-electron chi connectivity index (χ1n) is 9.08. The molecule has 0 saturated carbocycles. The summed E-state index contributed by atoms with van der Waals surface area (Å²) in [5.74, 6) is 0.976. The van der Waals surface area contributed by atoms with Crippen LogP contribution in [0.4, 0.5) is 0 Å². The molecule has 2 heterocycles. The molecule has 3 aromatic rings. The van der Waals surface area contributed by atoms with Gasteiger partial charge in [-0.1, -0.05) is 6.07 Å². The lowest BCUT2D eigenvalue weighted by Crippen LogP contribution is -2.12. The third kappa shape index (κ3) is 3.30. The molecule has 0 atom stereocenters. The van der Waals surface area contributed by atoms with Crippen LogP contribution in [0.3, 0.4) is 0 Å². The van der Waals surface area contributed by atoms with E-state index in [0.29, 0.717) is 34.1 Å². The fourth-order valence-electron chi connectivity index (χ4n) is 3.18. The van der Waals surface area contributed by atoms with Crippen LogP contribution in [0.15, 0.2) is 58.9 Å². The van der Waals surface area contributed by atoms with E-state index in [0.717, 1.165) is 0 Å². The average molecular weight is 406 g/mol. The molecule has 2 aromatic carbocycles. The first-order chi connectivity index (χ1) is 14.5. The molecule has 0 fully saturated rings. The predicted octanol–water partition coefficient (Wildman–Crippen LogP) is 4.44. The summed E-state index contributed by atoms with van der Waals surface area (Å²) in [7, 11) is 2.91. The first kappa shape index (κ1) is 19.3. The number of fused-ring (bicyclic) bond motifs is 1. The number of carbonyl (C=O) groups excluding carboxylic acids is 2. The smallest absolute Gasteiger partial charge is 0.351 e. The van der Waals surface area contributed by atoms with Gasteiger partial charge in [0.15, 0.2) is 5.76 Å². The number of allylic oxidation sites excluding steroid dienone is 1. The molecule has 152 valence electrons. The monoisotopic (exact) mass is 406 g/mol. The lowest BCUT2D eigenvalue weighted by molar-refractivity contribution is 0.0726. The van der Waals surface area contributed by atoms with Crippen molar-refractivity contribution in [2.24, 2.45) is 0 Å². The largest absolute Gasteiger partial charge is 0.496 e. The standard InChI is InChI=1S/C23H18O7/c1-13-16(30-23(25)20-17(26-2)7-4-8-18(20)27-3)10-9-15-21(24)19(29-22(13)15)12-14-6-5-11-28-14/h4-12H,1-3H3/b19-12-. The molecular weight excluding hydrogens is 388 g/mol. The molecule has 0 N–H and O–H groups in total. The Morgan fingerprint density at radius 2 is 1.70 bits per heavy atom. The summed E-state index contributed by atoms with van der Waals surface area (Å²) in [6.45, 7) is 1.71. The summed E-state index contributed by atoms with van der Waals surface area (Å²) in [6, 6.07) is 11.5. The highest BCUT2D eigenvalue weighted by atomic mass is 16.5. The van der Waals surface area contributed by atoms with Crippen molar-refractivity contribution in [1.29, 1.82) is 0 Å². The SMILES string of the molecule is COc1cccc(OC)c1C(=O)Oc1ccc2c(c1C)O/C(=C\c1ccco1)C2=O. The maximum atomic E-state index is 12.9. The average Bonchev–Trinajstić information content (AvgIpc) is 3.38. The van der Waals surface area contributed by atoms with Crippen LogP contribution in [0.1, 0.15) is 32.0 Å². The Morgan fingerprint density at radius 3 is 2.33 bits per heavy atom.